The van der Waals surface area contributed by atoms with E-state index in [2.05, 4.69) is 18.0 Å². The first-order chi connectivity index (χ1) is 6.77. The maximum absolute atomic E-state index is 5.90. The van der Waals surface area contributed by atoms with E-state index in [1.165, 1.54) is 36.8 Å². The summed E-state index contributed by atoms with van der Waals surface area (Å²) < 4.78 is 0. The first-order valence-electron chi connectivity index (χ1n) is 5.43. The van der Waals surface area contributed by atoms with Gasteiger partial charge in [-0.15, -0.1) is 12.4 Å². The van der Waals surface area contributed by atoms with Gasteiger partial charge in [0, 0.05) is 18.4 Å². The highest BCUT2D eigenvalue weighted by atomic mass is 35.5. The van der Waals surface area contributed by atoms with Crippen molar-refractivity contribution in [1.29, 1.82) is 0 Å². The minimum atomic E-state index is 0. The molecule has 2 rings (SSSR count). The average Bonchev–Trinajstić information content (AvgIpc) is 2.20. The Hall–Kier alpha value is -0.600. The van der Waals surface area contributed by atoms with Crippen molar-refractivity contribution in [1.82, 2.24) is 4.98 Å². The Labute approximate surface area is 97.7 Å². The molecule has 15 heavy (non-hydrogen) atoms. The van der Waals surface area contributed by atoms with Crippen LogP contribution in [0.2, 0.25) is 0 Å². The van der Waals surface area contributed by atoms with E-state index in [-0.39, 0.29) is 12.4 Å². The fourth-order valence-corrected chi connectivity index (χ4v) is 2.33. The summed E-state index contributed by atoms with van der Waals surface area (Å²) in [5.41, 5.74) is 8.70. The quantitative estimate of drug-likeness (QED) is 0.800. The second-order valence-electron chi connectivity index (χ2n) is 4.34. The fourth-order valence-electron chi connectivity index (χ4n) is 2.33. The topological polar surface area (TPSA) is 38.9 Å². The van der Waals surface area contributed by atoms with E-state index in [1.807, 2.05) is 12.4 Å². The SMILES string of the molecule is Cc1ccncc1C1CCC(N)CC1.Cl. The lowest BCUT2D eigenvalue weighted by molar-refractivity contribution is 0.394. The highest BCUT2D eigenvalue weighted by Crippen LogP contribution is 2.33. The van der Waals surface area contributed by atoms with Gasteiger partial charge in [-0.25, -0.2) is 0 Å². The lowest BCUT2D eigenvalue weighted by Crippen LogP contribution is -2.25. The molecule has 2 N–H and O–H groups in total. The van der Waals surface area contributed by atoms with Crippen molar-refractivity contribution < 1.29 is 0 Å². The number of halogens is 1. The summed E-state index contributed by atoms with van der Waals surface area (Å²) in [5.74, 6) is 0.698. The second kappa shape index (κ2) is 5.47. The standard InChI is InChI=1S/C12H18N2.ClH/c1-9-6-7-14-8-12(9)10-2-4-11(13)5-3-10;/h6-8,10-11H,2-5,13H2,1H3;1H. The number of pyridine rings is 1. The van der Waals surface area contributed by atoms with E-state index in [0.29, 0.717) is 12.0 Å². The van der Waals surface area contributed by atoms with Crippen LogP contribution in [0.25, 0.3) is 0 Å². The summed E-state index contributed by atoms with van der Waals surface area (Å²) in [7, 11) is 0. The van der Waals surface area contributed by atoms with Crippen molar-refractivity contribution >= 4 is 12.4 Å². The number of nitrogens with two attached hydrogens (primary N) is 1. The molecular weight excluding hydrogens is 208 g/mol. The molecule has 0 bridgehead atoms. The molecule has 1 saturated carbocycles. The first kappa shape index (κ1) is 12.5. The highest BCUT2D eigenvalue weighted by Gasteiger charge is 2.20. The predicted molar refractivity (Wildman–Crippen MR) is 65.4 cm³/mol. The summed E-state index contributed by atoms with van der Waals surface area (Å²) in [6.07, 6.45) is 8.68. The second-order valence-corrected chi connectivity index (χ2v) is 4.34. The van der Waals surface area contributed by atoms with Gasteiger partial charge in [0.05, 0.1) is 0 Å². The maximum atomic E-state index is 5.90. The molecule has 3 heteroatoms. The molecule has 0 aromatic carbocycles. The minimum absolute atomic E-state index is 0. The van der Waals surface area contributed by atoms with Crippen molar-refractivity contribution in [3.8, 4) is 0 Å². The van der Waals surface area contributed by atoms with Gasteiger partial charge in [-0.1, -0.05) is 0 Å². The zero-order valence-corrected chi connectivity index (χ0v) is 9.96. The predicted octanol–water partition coefficient (Wildman–Crippen LogP) is 2.80. The molecule has 1 aromatic rings. The monoisotopic (exact) mass is 226 g/mol. The number of aromatic nitrogens is 1. The van der Waals surface area contributed by atoms with Crippen LogP contribution in [0.3, 0.4) is 0 Å². The van der Waals surface area contributed by atoms with Crippen molar-refractivity contribution in [3.05, 3.63) is 29.6 Å². The Kier molecular flexibility index (Phi) is 4.55. The zero-order valence-electron chi connectivity index (χ0n) is 9.15. The maximum Gasteiger partial charge on any atom is 0.0305 e. The van der Waals surface area contributed by atoms with E-state index in [9.17, 15) is 0 Å². The van der Waals surface area contributed by atoms with Gasteiger partial charge >= 0.3 is 0 Å². The zero-order chi connectivity index (χ0) is 9.97. The van der Waals surface area contributed by atoms with Crippen molar-refractivity contribution in [2.24, 2.45) is 5.73 Å². The van der Waals surface area contributed by atoms with Crippen molar-refractivity contribution in [2.75, 3.05) is 0 Å². The minimum Gasteiger partial charge on any atom is -0.328 e. The Morgan fingerprint density at radius 2 is 1.93 bits per heavy atom. The smallest absolute Gasteiger partial charge is 0.0305 e. The number of hydrogen-bond donors (Lipinski definition) is 1. The molecule has 0 unspecified atom stereocenters. The van der Waals surface area contributed by atoms with Crippen LogP contribution < -0.4 is 5.73 Å². The highest BCUT2D eigenvalue weighted by molar-refractivity contribution is 5.85. The van der Waals surface area contributed by atoms with Crippen LogP contribution in [0, 0.1) is 6.92 Å². The van der Waals surface area contributed by atoms with Gasteiger partial charge in [-0.05, 0) is 55.7 Å². The van der Waals surface area contributed by atoms with E-state index < -0.39 is 0 Å². The molecule has 0 saturated heterocycles. The average molecular weight is 227 g/mol. The van der Waals surface area contributed by atoms with Crippen LogP contribution in [0.4, 0.5) is 0 Å². The van der Waals surface area contributed by atoms with Crippen LogP contribution in [0.1, 0.15) is 42.7 Å². The van der Waals surface area contributed by atoms with E-state index in [1.54, 1.807) is 0 Å². The van der Waals surface area contributed by atoms with Crippen LogP contribution in [-0.4, -0.2) is 11.0 Å². The number of nitrogens with zero attached hydrogens (tertiary/aromatic N) is 1. The third-order valence-corrected chi connectivity index (χ3v) is 3.29. The molecule has 1 aliphatic carbocycles. The Bertz CT molecular complexity index is 306. The molecular formula is C12H19ClN2. The van der Waals surface area contributed by atoms with Crippen molar-refractivity contribution in [3.63, 3.8) is 0 Å². The molecule has 1 heterocycles. The van der Waals surface area contributed by atoms with Crippen LogP contribution in [0.5, 0.6) is 0 Å². The van der Waals surface area contributed by atoms with E-state index in [4.69, 9.17) is 5.73 Å². The molecule has 0 aliphatic heterocycles. The van der Waals surface area contributed by atoms with Gasteiger partial charge in [-0.3, -0.25) is 4.98 Å². The summed E-state index contributed by atoms with van der Waals surface area (Å²) in [6, 6.07) is 2.53. The molecule has 2 nitrogen and oxygen atoms in total. The summed E-state index contributed by atoms with van der Waals surface area (Å²) in [6.45, 7) is 2.17. The number of aryl methyl sites for hydroxylation is 1. The molecule has 1 fully saturated rings. The van der Waals surface area contributed by atoms with Crippen molar-refractivity contribution in [2.45, 2.75) is 44.6 Å². The molecule has 0 atom stereocenters. The lowest BCUT2D eigenvalue weighted by atomic mass is 9.81. The molecule has 0 spiro atoms. The lowest BCUT2D eigenvalue weighted by Gasteiger charge is -2.27. The molecule has 0 amide bonds. The van der Waals surface area contributed by atoms with Gasteiger partial charge in [0.1, 0.15) is 0 Å². The normalized spacial score (nSPS) is 25.7. The van der Waals surface area contributed by atoms with E-state index >= 15 is 0 Å². The van der Waals surface area contributed by atoms with Gasteiger partial charge in [0.15, 0.2) is 0 Å². The van der Waals surface area contributed by atoms with Gasteiger partial charge in [0.25, 0.3) is 0 Å². The van der Waals surface area contributed by atoms with Gasteiger partial charge in [-0.2, -0.15) is 0 Å². The fraction of sp³-hybridized carbons (Fsp3) is 0.583. The summed E-state index contributed by atoms with van der Waals surface area (Å²) in [4.78, 5) is 4.21. The summed E-state index contributed by atoms with van der Waals surface area (Å²) >= 11 is 0. The Morgan fingerprint density at radius 1 is 1.27 bits per heavy atom. The Balaban J connectivity index is 0.00000112. The third-order valence-electron chi connectivity index (χ3n) is 3.29. The molecule has 0 radical (unpaired) electrons. The Morgan fingerprint density at radius 3 is 2.53 bits per heavy atom. The van der Waals surface area contributed by atoms with Crippen LogP contribution >= 0.6 is 12.4 Å². The van der Waals surface area contributed by atoms with Gasteiger partial charge < -0.3 is 5.73 Å². The number of hydrogen-bond acceptors (Lipinski definition) is 2. The molecule has 1 aromatic heterocycles. The van der Waals surface area contributed by atoms with Gasteiger partial charge in [0.2, 0.25) is 0 Å². The molecule has 1 aliphatic rings. The van der Waals surface area contributed by atoms with E-state index in [0.717, 1.165) is 0 Å². The summed E-state index contributed by atoms with van der Waals surface area (Å²) in [5, 5.41) is 0. The first-order valence-corrected chi connectivity index (χ1v) is 5.43. The largest absolute Gasteiger partial charge is 0.328 e. The third kappa shape index (κ3) is 2.93. The van der Waals surface area contributed by atoms with Crippen LogP contribution in [0.15, 0.2) is 18.5 Å². The number of rotatable bonds is 1. The molecule has 84 valence electrons. The van der Waals surface area contributed by atoms with Crippen LogP contribution in [-0.2, 0) is 0 Å².